The highest BCUT2D eigenvalue weighted by Gasteiger charge is 2.06. The van der Waals surface area contributed by atoms with Gasteiger partial charge in [-0.25, -0.2) is 9.37 Å². The number of para-hydroxylation sites is 1. The van der Waals surface area contributed by atoms with E-state index in [2.05, 4.69) is 4.98 Å². The number of rotatable bonds is 3. The zero-order chi connectivity index (χ0) is 12.3. The number of nitrogens with zero attached hydrogens (tertiary/aromatic N) is 1. The standard InChI is InChI=1S/C13H12FNO2/c1-9-6-10(8-16)7-13(15-9)17-12-5-3-2-4-11(12)14/h2-7,16H,8H2,1H3. The summed E-state index contributed by atoms with van der Waals surface area (Å²) in [7, 11) is 0. The molecule has 2 rings (SSSR count). The highest BCUT2D eigenvalue weighted by Crippen LogP contribution is 2.23. The molecule has 17 heavy (non-hydrogen) atoms. The van der Waals surface area contributed by atoms with Crippen molar-refractivity contribution in [1.82, 2.24) is 4.98 Å². The van der Waals surface area contributed by atoms with E-state index < -0.39 is 5.82 Å². The van der Waals surface area contributed by atoms with Gasteiger partial charge in [0.05, 0.1) is 6.61 Å². The molecule has 0 spiro atoms. The van der Waals surface area contributed by atoms with Crippen LogP contribution in [0.15, 0.2) is 36.4 Å². The van der Waals surface area contributed by atoms with Crippen molar-refractivity contribution in [3.05, 3.63) is 53.5 Å². The normalized spacial score (nSPS) is 10.3. The minimum atomic E-state index is -0.443. The maximum atomic E-state index is 13.4. The molecule has 0 atom stereocenters. The second kappa shape index (κ2) is 4.93. The summed E-state index contributed by atoms with van der Waals surface area (Å²) in [6.45, 7) is 1.68. The Morgan fingerprint density at radius 2 is 2.06 bits per heavy atom. The highest BCUT2D eigenvalue weighted by atomic mass is 19.1. The first-order chi connectivity index (χ1) is 8.19. The van der Waals surface area contributed by atoms with Gasteiger partial charge in [0, 0.05) is 11.8 Å². The Morgan fingerprint density at radius 1 is 1.29 bits per heavy atom. The number of pyridine rings is 1. The fourth-order valence-electron chi connectivity index (χ4n) is 1.49. The van der Waals surface area contributed by atoms with Crippen LogP contribution in [0.3, 0.4) is 0 Å². The molecule has 0 aliphatic heterocycles. The molecule has 0 amide bonds. The summed E-state index contributed by atoms with van der Waals surface area (Å²) >= 11 is 0. The van der Waals surface area contributed by atoms with E-state index in [9.17, 15) is 4.39 Å². The maximum absolute atomic E-state index is 13.4. The van der Waals surface area contributed by atoms with Gasteiger partial charge in [0.1, 0.15) is 0 Å². The number of aryl methyl sites for hydroxylation is 1. The first-order valence-corrected chi connectivity index (χ1v) is 5.20. The molecule has 0 saturated heterocycles. The lowest BCUT2D eigenvalue weighted by Crippen LogP contribution is -1.95. The second-order valence-electron chi connectivity index (χ2n) is 3.65. The lowest BCUT2D eigenvalue weighted by Gasteiger charge is -2.07. The average molecular weight is 233 g/mol. The summed E-state index contributed by atoms with van der Waals surface area (Å²) < 4.78 is 18.7. The van der Waals surface area contributed by atoms with Crippen molar-refractivity contribution in [2.24, 2.45) is 0 Å². The highest BCUT2D eigenvalue weighted by molar-refractivity contribution is 5.31. The van der Waals surface area contributed by atoms with Crippen LogP contribution >= 0.6 is 0 Å². The summed E-state index contributed by atoms with van der Waals surface area (Å²) in [4.78, 5) is 4.12. The zero-order valence-corrected chi connectivity index (χ0v) is 9.35. The Morgan fingerprint density at radius 3 is 2.76 bits per heavy atom. The van der Waals surface area contributed by atoms with Gasteiger partial charge in [0.15, 0.2) is 11.6 Å². The number of aliphatic hydroxyl groups excluding tert-OH is 1. The Labute approximate surface area is 98.5 Å². The van der Waals surface area contributed by atoms with Crippen molar-refractivity contribution >= 4 is 0 Å². The topological polar surface area (TPSA) is 42.4 Å². The van der Waals surface area contributed by atoms with E-state index in [0.717, 1.165) is 0 Å². The zero-order valence-electron chi connectivity index (χ0n) is 9.35. The van der Waals surface area contributed by atoms with Crippen molar-refractivity contribution < 1.29 is 14.2 Å². The number of benzene rings is 1. The molecule has 1 heterocycles. The summed E-state index contributed by atoms with van der Waals surface area (Å²) in [5, 5.41) is 9.05. The van der Waals surface area contributed by atoms with Crippen LogP contribution in [0, 0.1) is 12.7 Å². The van der Waals surface area contributed by atoms with Crippen molar-refractivity contribution in [2.75, 3.05) is 0 Å². The van der Waals surface area contributed by atoms with E-state index in [1.807, 2.05) is 0 Å². The van der Waals surface area contributed by atoms with Gasteiger partial charge in [0.2, 0.25) is 5.88 Å². The summed E-state index contributed by atoms with van der Waals surface area (Å²) in [6.07, 6.45) is 0. The van der Waals surface area contributed by atoms with Crippen molar-refractivity contribution in [1.29, 1.82) is 0 Å². The van der Waals surface area contributed by atoms with Crippen molar-refractivity contribution in [3.63, 3.8) is 0 Å². The van der Waals surface area contributed by atoms with Crippen LogP contribution in [0.2, 0.25) is 0 Å². The Bertz CT molecular complexity index is 529. The number of halogens is 1. The SMILES string of the molecule is Cc1cc(CO)cc(Oc2ccccc2F)n1. The van der Waals surface area contributed by atoms with Gasteiger partial charge in [-0.1, -0.05) is 12.1 Å². The third-order valence-electron chi connectivity index (χ3n) is 2.22. The molecule has 0 unspecified atom stereocenters. The van der Waals surface area contributed by atoms with Crippen molar-refractivity contribution in [3.8, 4) is 11.6 Å². The first kappa shape index (κ1) is 11.5. The third kappa shape index (κ3) is 2.79. The number of hydrogen-bond donors (Lipinski definition) is 1. The molecule has 3 nitrogen and oxygen atoms in total. The molecule has 88 valence electrons. The van der Waals surface area contributed by atoms with E-state index in [0.29, 0.717) is 11.3 Å². The molecular formula is C13H12FNO2. The minimum absolute atomic E-state index is 0.100. The van der Waals surface area contributed by atoms with Gasteiger partial charge in [0.25, 0.3) is 0 Å². The van der Waals surface area contributed by atoms with E-state index in [-0.39, 0.29) is 18.2 Å². The molecule has 0 aliphatic rings. The van der Waals surface area contributed by atoms with E-state index in [1.165, 1.54) is 12.1 Å². The van der Waals surface area contributed by atoms with Gasteiger partial charge >= 0.3 is 0 Å². The van der Waals surface area contributed by atoms with Gasteiger partial charge in [-0.05, 0) is 30.7 Å². The molecule has 1 N–H and O–H groups in total. The molecule has 1 aromatic heterocycles. The largest absolute Gasteiger partial charge is 0.436 e. The van der Waals surface area contributed by atoms with Crippen LogP contribution in [0.5, 0.6) is 11.6 Å². The Hall–Kier alpha value is -1.94. The summed E-state index contributed by atoms with van der Waals surface area (Å²) in [5.74, 6) is -0.0463. The molecule has 0 fully saturated rings. The quantitative estimate of drug-likeness (QED) is 0.886. The predicted octanol–water partition coefficient (Wildman–Crippen LogP) is 2.81. The van der Waals surface area contributed by atoms with Gasteiger partial charge < -0.3 is 9.84 Å². The molecule has 0 aliphatic carbocycles. The molecule has 0 bridgehead atoms. The van der Waals surface area contributed by atoms with Gasteiger partial charge in [-0.3, -0.25) is 0 Å². The molecule has 2 aromatic rings. The molecule has 1 aromatic carbocycles. The van der Waals surface area contributed by atoms with Gasteiger partial charge in [-0.15, -0.1) is 0 Å². The monoisotopic (exact) mass is 233 g/mol. The van der Waals surface area contributed by atoms with Crippen LogP contribution < -0.4 is 4.74 Å². The maximum Gasteiger partial charge on any atom is 0.219 e. The lowest BCUT2D eigenvalue weighted by molar-refractivity contribution is 0.280. The number of aromatic nitrogens is 1. The Kier molecular flexibility index (Phi) is 3.35. The third-order valence-corrected chi connectivity index (χ3v) is 2.22. The fraction of sp³-hybridized carbons (Fsp3) is 0.154. The van der Waals surface area contributed by atoms with Crippen LogP contribution in [0.4, 0.5) is 4.39 Å². The minimum Gasteiger partial charge on any atom is -0.436 e. The van der Waals surface area contributed by atoms with Crippen LogP contribution in [-0.4, -0.2) is 10.1 Å². The molecule has 0 radical (unpaired) electrons. The smallest absolute Gasteiger partial charge is 0.219 e. The van der Waals surface area contributed by atoms with E-state index in [1.54, 1.807) is 31.2 Å². The second-order valence-corrected chi connectivity index (χ2v) is 3.65. The number of ether oxygens (including phenoxy) is 1. The summed E-state index contributed by atoms with van der Waals surface area (Å²) in [6, 6.07) is 9.44. The van der Waals surface area contributed by atoms with Crippen molar-refractivity contribution in [2.45, 2.75) is 13.5 Å². The first-order valence-electron chi connectivity index (χ1n) is 5.20. The molecular weight excluding hydrogens is 221 g/mol. The Balaban J connectivity index is 2.30. The predicted molar refractivity (Wildman–Crippen MR) is 61.4 cm³/mol. The van der Waals surface area contributed by atoms with Crippen LogP contribution in [0.1, 0.15) is 11.3 Å². The van der Waals surface area contributed by atoms with Crippen LogP contribution in [0.25, 0.3) is 0 Å². The van der Waals surface area contributed by atoms with Gasteiger partial charge in [-0.2, -0.15) is 0 Å². The van der Waals surface area contributed by atoms with E-state index in [4.69, 9.17) is 9.84 Å². The molecule has 0 saturated carbocycles. The lowest BCUT2D eigenvalue weighted by atomic mass is 10.2. The molecule has 4 heteroatoms. The van der Waals surface area contributed by atoms with E-state index >= 15 is 0 Å². The fourth-order valence-corrected chi connectivity index (χ4v) is 1.49. The number of aliphatic hydroxyl groups is 1. The summed E-state index contributed by atoms with van der Waals surface area (Å²) in [5.41, 5.74) is 1.40. The number of hydrogen-bond acceptors (Lipinski definition) is 3. The van der Waals surface area contributed by atoms with Crippen LogP contribution in [-0.2, 0) is 6.61 Å². The average Bonchev–Trinajstić information content (AvgIpc) is 2.31.